The second-order valence-corrected chi connectivity index (χ2v) is 6.62. The molecule has 0 aliphatic carbocycles. The van der Waals surface area contributed by atoms with Gasteiger partial charge < -0.3 is 4.57 Å². The molecule has 0 fully saturated rings. The van der Waals surface area contributed by atoms with Crippen LogP contribution in [0.15, 0.2) is 54.0 Å². The average Bonchev–Trinajstić information content (AvgIpc) is 2.87. The summed E-state index contributed by atoms with van der Waals surface area (Å²) in [6, 6.07) is 10.1. The van der Waals surface area contributed by atoms with Crippen LogP contribution in [0.25, 0.3) is 10.2 Å². The molecule has 0 saturated heterocycles. The van der Waals surface area contributed by atoms with Crippen LogP contribution in [0.1, 0.15) is 21.5 Å². The Labute approximate surface area is 143 Å². The number of nitrogens with zero attached hydrogens (tertiary/aromatic N) is 2. The first-order valence-electron chi connectivity index (χ1n) is 7.55. The number of halogens is 1. The highest BCUT2D eigenvalue weighted by atomic mass is 32.1. The number of amides is 1. The summed E-state index contributed by atoms with van der Waals surface area (Å²) in [5, 5.41) is 0. The fraction of sp³-hybridized carbons (Fsp3) is 0.158. The van der Waals surface area contributed by atoms with Crippen LogP contribution in [0.4, 0.5) is 4.39 Å². The first-order chi connectivity index (χ1) is 11.5. The molecule has 0 N–H and O–H groups in total. The minimum atomic E-state index is -0.304. The Bertz CT molecular complexity index is 1010. The maximum atomic E-state index is 13.5. The van der Waals surface area contributed by atoms with Gasteiger partial charge in [0, 0.05) is 12.1 Å². The van der Waals surface area contributed by atoms with E-state index in [-0.39, 0.29) is 11.7 Å². The van der Waals surface area contributed by atoms with E-state index in [1.807, 2.05) is 30.5 Å². The third-order valence-electron chi connectivity index (χ3n) is 3.91. The van der Waals surface area contributed by atoms with Gasteiger partial charge in [-0.15, -0.1) is 6.58 Å². The van der Waals surface area contributed by atoms with Crippen LogP contribution in [0.2, 0.25) is 0 Å². The van der Waals surface area contributed by atoms with E-state index in [1.165, 1.54) is 23.5 Å². The Kier molecular flexibility index (Phi) is 4.44. The van der Waals surface area contributed by atoms with Crippen molar-refractivity contribution >= 4 is 27.5 Å². The number of carbonyl (C=O) groups is 1. The number of aryl methyl sites for hydroxylation is 2. The molecule has 122 valence electrons. The van der Waals surface area contributed by atoms with Gasteiger partial charge in [0.2, 0.25) is 0 Å². The van der Waals surface area contributed by atoms with Crippen LogP contribution in [-0.4, -0.2) is 10.5 Å². The Balaban J connectivity index is 2.14. The quantitative estimate of drug-likeness (QED) is 0.651. The van der Waals surface area contributed by atoms with Crippen molar-refractivity contribution in [3.8, 4) is 0 Å². The van der Waals surface area contributed by atoms with E-state index in [0.717, 1.165) is 21.3 Å². The molecule has 1 amide bonds. The lowest BCUT2D eigenvalue weighted by atomic mass is 10.1. The van der Waals surface area contributed by atoms with Crippen LogP contribution in [0, 0.1) is 19.7 Å². The molecule has 5 heteroatoms. The lowest BCUT2D eigenvalue weighted by Crippen LogP contribution is -2.16. The second-order valence-electron chi connectivity index (χ2n) is 5.61. The molecule has 0 aliphatic rings. The van der Waals surface area contributed by atoms with Crippen molar-refractivity contribution in [1.82, 2.24) is 4.57 Å². The molecule has 0 spiro atoms. The van der Waals surface area contributed by atoms with Gasteiger partial charge >= 0.3 is 0 Å². The molecule has 0 aliphatic heterocycles. The summed E-state index contributed by atoms with van der Waals surface area (Å²) in [4.78, 5) is 17.3. The van der Waals surface area contributed by atoms with Crippen molar-refractivity contribution in [3.05, 3.63) is 76.4 Å². The maximum Gasteiger partial charge on any atom is 0.279 e. The zero-order valence-corrected chi connectivity index (χ0v) is 14.4. The molecule has 24 heavy (non-hydrogen) atoms. The van der Waals surface area contributed by atoms with Crippen molar-refractivity contribution in [2.75, 3.05) is 0 Å². The zero-order valence-electron chi connectivity index (χ0n) is 13.5. The van der Waals surface area contributed by atoms with E-state index in [2.05, 4.69) is 11.6 Å². The molecule has 2 aromatic carbocycles. The van der Waals surface area contributed by atoms with Crippen LogP contribution in [0.5, 0.6) is 0 Å². The summed E-state index contributed by atoms with van der Waals surface area (Å²) in [5.41, 5.74) is 3.57. The summed E-state index contributed by atoms with van der Waals surface area (Å²) in [7, 11) is 0. The molecular formula is C19H17FN2OS. The topological polar surface area (TPSA) is 34.4 Å². The number of hydrogen-bond donors (Lipinski definition) is 0. The predicted octanol–water partition coefficient (Wildman–Crippen LogP) is 4.39. The van der Waals surface area contributed by atoms with E-state index in [4.69, 9.17) is 0 Å². The van der Waals surface area contributed by atoms with Gasteiger partial charge in [0.15, 0.2) is 4.80 Å². The minimum Gasteiger partial charge on any atom is -0.312 e. The SMILES string of the molecule is C=CCn1c(=NC(=O)c2ccc(C)c(C)c2)sc2cc(F)ccc21. The fourth-order valence-corrected chi connectivity index (χ4v) is 3.53. The van der Waals surface area contributed by atoms with Crippen LogP contribution < -0.4 is 4.80 Å². The summed E-state index contributed by atoms with van der Waals surface area (Å²) in [5.74, 6) is -0.607. The minimum absolute atomic E-state index is 0.303. The third-order valence-corrected chi connectivity index (χ3v) is 4.95. The van der Waals surface area contributed by atoms with Gasteiger partial charge in [-0.2, -0.15) is 4.99 Å². The number of rotatable bonds is 3. The summed E-state index contributed by atoms with van der Waals surface area (Å²) in [6.07, 6.45) is 1.73. The largest absolute Gasteiger partial charge is 0.312 e. The number of benzene rings is 2. The Hall–Kier alpha value is -2.53. The number of aromatic nitrogens is 1. The van der Waals surface area contributed by atoms with Crippen molar-refractivity contribution < 1.29 is 9.18 Å². The lowest BCUT2D eigenvalue weighted by molar-refractivity contribution is 0.0998. The molecule has 3 rings (SSSR count). The van der Waals surface area contributed by atoms with Crippen LogP contribution in [0.3, 0.4) is 0 Å². The highest BCUT2D eigenvalue weighted by Crippen LogP contribution is 2.19. The molecule has 1 heterocycles. The normalized spacial score (nSPS) is 11.9. The number of hydrogen-bond acceptors (Lipinski definition) is 2. The Morgan fingerprint density at radius 1 is 1.25 bits per heavy atom. The van der Waals surface area contributed by atoms with E-state index in [0.29, 0.717) is 16.9 Å². The average molecular weight is 340 g/mol. The standard InChI is InChI=1S/C19H17FN2OS/c1-4-9-22-16-8-7-15(20)11-17(16)24-19(22)21-18(23)14-6-5-12(2)13(3)10-14/h4-8,10-11H,1,9H2,2-3H3. The van der Waals surface area contributed by atoms with Crippen molar-refractivity contribution in [2.24, 2.45) is 4.99 Å². The summed E-state index contributed by atoms with van der Waals surface area (Å²) >= 11 is 1.30. The smallest absolute Gasteiger partial charge is 0.279 e. The molecule has 0 unspecified atom stereocenters. The molecule has 0 radical (unpaired) electrons. The van der Waals surface area contributed by atoms with Gasteiger partial charge in [-0.1, -0.05) is 23.5 Å². The molecule has 3 nitrogen and oxygen atoms in total. The van der Waals surface area contributed by atoms with Crippen molar-refractivity contribution in [2.45, 2.75) is 20.4 Å². The van der Waals surface area contributed by atoms with Gasteiger partial charge in [-0.05, 0) is 55.3 Å². The van der Waals surface area contributed by atoms with E-state index >= 15 is 0 Å². The van der Waals surface area contributed by atoms with E-state index < -0.39 is 0 Å². The molecular weight excluding hydrogens is 323 g/mol. The van der Waals surface area contributed by atoms with E-state index in [9.17, 15) is 9.18 Å². The molecule has 0 bridgehead atoms. The Morgan fingerprint density at radius 3 is 2.75 bits per heavy atom. The van der Waals surface area contributed by atoms with Gasteiger partial charge in [-0.25, -0.2) is 4.39 Å². The number of carbonyl (C=O) groups excluding carboxylic acids is 1. The van der Waals surface area contributed by atoms with Crippen molar-refractivity contribution in [1.29, 1.82) is 0 Å². The second kappa shape index (κ2) is 6.53. The van der Waals surface area contributed by atoms with E-state index in [1.54, 1.807) is 18.2 Å². The number of fused-ring (bicyclic) bond motifs is 1. The zero-order chi connectivity index (χ0) is 17.3. The lowest BCUT2D eigenvalue weighted by Gasteiger charge is -2.02. The van der Waals surface area contributed by atoms with Gasteiger partial charge in [-0.3, -0.25) is 4.79 Å². The van der Waals surface area contributed by atoms with Crippen molar-refractivity contribution in [3.63, 3.8) is 0 Å². The number of thiazole rings is 1. The maximum absolute atomic E-state index is 13.5. The van der Waals surface area contributed by atoms with Gasteiger partial charge in [0.05, 0.1) is 10.2 Å². The monoisotopic (exact) mass is 340 g/mol. The van der Waals surface area contributed by atoms with Gasteiger partial charge in [0.1, 0.15) is 5.82 Å². The third kappa shape index (κ3) is 3.08. The first-order valence-corrected chi connectivity index (χ1v) is 8.37. The van der Waals surface area contributed by atoms with Gasteiger partial charge in [0.25, 0.3) is 5.91 Å². The van der Waals surface area contributed by atoms with Crippen LogP contribution >= 0.6 is 11.3 Å². The highest BCUT2D eigenvalue weighted by Gasteiger charge is 2.10. The van der Waals surface area contributed by atoms with Crippen LogP contribution in [-0.2, 0) is 6.54 Å². The molecule has 0 saturated carbocycles. The fourth-order valence-electron chi connectivity index (χ4n) is 2.46. The Morgan fingerprint density at radius 2 is 2.04 bits per heavy atom. The first kappa shape index (κ1) is 16.3. The highest BCUT2D eigenvalue weighted by molar-refractivity contribution is 7.16. The molecule has 3 aromatic rings. The summed E-state index contributed by atoms with van der Waals surface area (Å²) in [6.45, 7) is 8.21. The molecule has 0 atom stereocenters. The predicted molar refractivity (Wildman–Crippen MR) is 95.8 cm³/mol. The molecule has 1 aromatic heterocycles. The summed E-state index contributed by atoms with van der Waals surface area (Å²) < 4.78 is 16.1. The number of allylic oxidation sites excluding steroid dienone is 1.